The Kier molecular flexibility index (Phi) is 4.65. The highest BCUT2D eigenvalue weighted by Crippen LogP contribution is 2.36. The molecule has 0 unspecified atom stereocenters. The Hall–Kier alpha value is -2.08. The first-order valence-electron chi connectivity index (χ1n) is 10.8. The van der Waals surface area contributed by atoms with Crippen molar-refractivity contribution in [1.82, 2.24) is 0 Å². The van der Waals surface area contributed by atoms with Crippen molar-refractivity contribution in [1.29, 1.82) is 0 Å². The molecule has 0 saturated heterocycles. The first kappa shape index (κ1) is 19.2. The van der Waals surface area contributed by atoms with Crippen molar-refractivity contribution in [3.63, 3.8) is 0 Å². The molecule has 0 atom stereocenters. The maximum absolute atomic E-state index is 2.38. The second-order valence-electron chi connectivity index (χ2n) is 10.5. The summed E-state index contributed by atoms with van der Waals surface area (Å²) in [6.45, 7) is 14.0. The van der Waals surface area contributed by atoms with Crippen LogP contribution in [0.15, 0.2) is 36.4 Å². The second-order valence-corrected chi connectivity index (χ2v) is 10.5. The topological polar surface area (TPSA) is 0 Å². The van der Waals surface area contributed by atoms with Crippen LogP contribution in [0.2, 0.25) is 0 Å². The zero-order chi connectivity index (χ0) is 20.1. The Morgan fingerprint density at radius 1 is 0.607 bits per heavy atom. The van der Waals surface area contributed by atoms with Crippen LogP contribution in [0.3, 0.4) is 0 Å². The van der Waals surface area contributed by atoms with Gasteiger partial charge in [0.1, 0.15) is 0 Å². The molecule has 0 N–H and O–H groups in total. The average molecular weight is 371 g/mol. The maximum atomic E-state index is 2.38. The molecule has 2 aliphatic carbocycles. The summed E-state index contributed by atoms with van der Waals surface area (Å²) in [5.74, 6) is 0. The molecule has 0 spiro atoms. The first-order valence-corrected chi connectivity index (χ1v) is 10.8. The lowest BCUT2D eigenvalue weighted by molar-refractivity contribution is 0.583. The molecule has 146 valence electrons. The minimum absolute atomic E-state index is 0.211. The molecule has 0 amide bonds. The molecule has 2 aromatic carbocycles. The third-order valence-corrected chi connectivity index (χ3v) is 6.39. The molecule has 0 radical (unpaired) electrons. The van der Waals surface area contributed by atoms with Gasteiger partial charge in [0.15, 0.2) is 0 Å². The number of hydrogen-bond donors (Lipinski definition) is 0. The van der Waals surface area contributed by atoms with Crippen molar-refractivity contribution in [2.45, 2.75) is 78.1 Å². The quantitative estimate of drug-likeness (QED) is 0.535. The Balaban J connectivity index is 1.63. The van der Waals surface area contributed by atoms with E-state index in [1.165, 1.54) is 33.4 Å². The SMILES string of the molecule is CC(C)(C)c1ccc(CCc2ccc(C(C)(C)C)c3c2C=CC3)c2c1CC=C2. The lowest BCUT2D eigenvalue weighted by atomic mass is 9.80. The van der Waals surface area contributed by atoms with E-state index >= 15 is 0 Å². The van der Waals surface area contributed by atoms with Gasteiger partial charge in [0, 0.05) is 0 Å². The number of benzene rings is 2. The van der Waals surface area contributed by atoms with Gasteiger partial charge in [-0.2, -0.15) is 0 Å². The first-order chi connectivity index (χ1) is 13.2. The Labute approximate surface area is 171 Å². The van der Waals surface area contributed by atoms with Crippen molar-refractivity contribution in [3.05, 3.63) is 80.9 Å². The van der Waals surface area contributed by atoms with Crippen molar-refractivity contribution in [2.24, 2.45) is 0 Å². The van der Waals surface area contributed by atoms with Crippen molar-refractivity contribution in [3.8, 4) is 0 Å². The molecule has 0 nitrogen and oxygen atoms in total. The average Bonchev–Trinajstić information content (AvgIpc) is 3.26. The van der Waals surface area contributed by atoms with Crippen molar-refractivity contribution >= 4 is 12.2 Å². The second kappa shape index (κ2) is 6.76. The molecule has 2 aliphatic rings. The summed E-state index contributed by atoms with van der Waals surface area (Å²) >= 11 is 0. The van der Waals surface area contributed by atoms with Gasteiger partial charge < -0.3 is 0 Å². The molecule has 0 aromatic heterocycles. The normalized spacial score (nSPS) is 15.2. The maximum Gasteiger partial charge on any atom is -0.00851 e. The van der Waals surface area contributed by atoms with Gasteiger partial charge in [-0.05, 0) is 81.0 Å². The van der Waals surface area contributed by atoms with Crippen LogP contribution in [0.5, 0.6) is 0 Å². The van der Waals surface area contributed by atoms with Gasteiger partial charge in [0.25, 0.3) is 0 Å². The van der Waals surface area contributed by atoms with Crippen molar-refractivity contribution in [2.75, 3.05) is 0 Å². The number of aryl methyl sites for hydroxylation is 2. The summed E-state index contributed by atoms with van der Waals surface area (Å²) in [5, 5.41) is 0. The van der Waals surface area contributed by atoms with E-state index in [2.05, 4.69) is 90.1 Å². The third-order valence-electron chi connectivity index (χ3n) is 6.39. The van der Waals surface area contributed by atoms with Crippen LogP contribution < -0.4 is 0 Å². The lowest BCUT2D eigenvalue weighted by Gasteiger charge is -2.25. The van der Waals surface area contributed by atoms with Crippen LogP contribution >= 0.6 is 0 Å². The molecule has 28 heavy (non-hydrogen) atoms. The van der Waals surface area contributed by atoms with Crippen molar-refractivity contribution < 1.29 is 0 Å². The number of allylic oxidation sites excluding steroid dienone is 2. The molecule has 0 fully saturated rings. The standard InChI is InChI=1S/C28H34/c1-27(2,3)25-17-15-19(21-9-7-11-23(21)25)13-14-20-16-18-26(28(4,5)6)24-12-8-10-22(20)24/h7-10,15-18H,11-14H2,1-6H3. The summed E-state index contributed by atoms with van der Waals surface area (Å²) in [6, 6.07) is 9.53. The lowest BCUT2D eigenvalue weighted by Crippen LogP contribution is -2.15. The van der Waals surface area contributed by atoms with E-state index in [0.717, 1.165) is 25.7 Å². The van der Waals surface area contributed by atoms with E-state index < -0.39 is 0 Å². The Morgan fingerprint density at radius 3 is 1.36 bits per heavy atom. The molecule has 0 bridgehead atoms. The summed E-state index contributed by atoms with van der Waals surface area (Å²) < 4.78 is 0. The summed E-state index contributed by atoms with van der Waals surface area (Å²) in [6.07, 6.45) is 13.8. The van der Waals surface area contributed by atoms with Gasteiger partial charge in [0.2, 0.25) is 0 Å². The molecule has 0 heteroatoms. The molecule has 0 aliphatic heterocycles. The Bertz CT molecular complexity index is 887. The largest absolute Gasteiger partial charge is 0.0795 e. The summed E-state index contributed by atoms with van der Waals surface area (Å²) in [5.41, 5.74) is 12.5. The Morgan fingerprint density at radius 2 is 1.00 bits per heavy atom. The predicted octanol–water partition coefficient (Wildman–Crippen LogP) is 7.21. The minimum atomic E-state index is 0.211. The number of hydrogen-bond acceptors (Lipinski definition) is 0. The van der Waals surface area contributed by atoms with Gasteiger partial charge in [-0.1, -0.05) is 90.1 Å². The smallest absolute Gasteiger partial charge is 0.00851 e. The van der Waals surface area contributed by atoms with Crippen LogP contribution in [0.4, 0.5) is 0 Å². The van der Waals surface area contributed by atoms with E-state index in [1.54, 1.807) is 11.1 Å². The fourth-order valence-electron chi connectivity index (χ4n) is 4.98. The summed E-state index contributed by atoms with van der Waals surface area (Å²) in [7, 11) is 0. The molecular formula is C28H34. The van der Waals surface area contributed by atoms with Gasteiger partial charge >= 0.3 is 0 Å². The van der Waals surface area contributed by atoms with E-state index in [4.69, 9.17) is 0 Å². The fourth-order valence-corrected chi connectivity index (χ4v) is 4.98. The highest BCUT2D eigenvalue weighted by atomic mass is 14.3. The van der Waals surface area contributed by atoms with Gasteiger partial charge in [-0.3, -0.25) is 0 Å². The van der Waals surface area contributed by atoms with Crippen LogP contribution in [0.1, 0.15) is 86.1 Å². The predicted molar refractivity (Wildman–Crippen MR) is 123 cm³/mol. The highest BCUT2D eigenvalue weighted by Gasteiger charge is 2.24. The van der Waals surface area contributed by atoms with Crippen LogP contribution in [0, 0.1) is 0 Å². The minimum Gasteiger partial charge on any atom is -0.0795 e. The van der Waals surface area contributed by atoms with Gasteiger partial charge in [0.05, 0.1) is 0 Å². The zero-order valence-electron chi connectivity index (χ0n) is 18.4. The van der Waals surface area contributed by atoms with Crippen LogP contribution in [0.25, 0.3) is 12.2 Å². The summed E-state index contributed by atoms with van der Waals surface area (Å²) in [4.78, 5) is 0. The van der Waals surface area contributed by atoms with Gasteiger partial charge in [-0.25, -0.2) is 0 Å². The van der Waals surface area contributed by atoms with E-state index in [9.17, 15) is 0 Å². The molecule has 4 rings (SSSR count). The molecule has 2 aromatic rings. The molecule has 0 saturated carbocycles. The number of fused-ring (bicyclic) bond motifs is 2. The van der Waals surface area contributed by atoms with E-state index in [1.807, 2.05) is 0 Å². The fraction of sp³-hybridized carbons (Fsp3) is 0.429. The van der Waals surface area contributed by atoms with Crippen LogP contribution in [-0.2, 0) is 36.5 Å². The molecular weight excluding hydrogens is 336 g/mol. The monoisotopic (exact) mass is 370 g/mol. The van der Waals surface area contributed by atoms with E-state index in [-0.39, 0.29) is 10.8 Å². The van der Waals surface area contributed by atoms with E-state index in [0.29, 0.717) is 0 Å². The third kappa shape index (κ3) is 3.39. The van der Waals surface area contributed by atoms with Gasteiger partial charge in [-0.15, -0.1) is 0 Å². The van der Waals surface area contributed by atoms with Crippen LogP contribution in [-0.4, -0.2) is 0 Å². The number of rotatable bonds is 3. The molecule has 0 heterocycles. The highest BCUT2D eigenvalue weighted by molar-refractivity contribution is 5.68. The zero-order valence-corrected chi connectivity index (χ0v) is 18.4.